The zero-order valence-electron chi connectivity index (χ0n) is 28.5. The first-order valence-corrected chi connectivity index (χ1v) is 18.4. The van der Waals surface area contributed by atoms with Gasteiger partial charge in [0.25, 0.3) is 0 Å². The van der Waals surface area contributed by atoms with Gasteiger partial charge in [0.15, 0.2) is 11.5 Å². The molecule has 7 nitrogen and oxygen atoms in total. The molecule has 2 heterocycles. The predicted octanol–water partition coefficient (Wildman–Crippen LogP) is 9.00. The molecule has 8 heteroatoms. The highest BCUT2D eigenvalue weighted by Crippen LogP contribution is 2.58. The number of nitrogens with one attached hydrogen (secondary N) is 1. The molecular formula is C40H49ClN2O5. The maximum Gasteiger partial charge on any atom is 0.329 e. The van der Waals surface area contributed by atoms with E-state index < -0.39 is 11.5 Å². The number of aromatic nitrogens is 1. The average Bonchev–Trinajstić information content (AvgIpc) is 3.20. The van der Waals surface area contributed by atoms with Gasteiger partial charge < -0.3 is 24.6 Å². The summed E-state index contributed by atoms with van der Waals surface area (Å²) in [5, 5.41) is 14.6. The van der Waals surface area contributed by atoms with Crippen LogP contribution < -0.4 is 19.5 Å². The largest absolute Gasteiger partial charge is 0.493 e. The smallest absolute Gasteiger partial charge is 0.329 e. The van der Waals surface area contributed by atoms with Crippen molar-refractivity contribution in [3.8, 4) is 17.2 Å². The number of ether oxygens (including phenoxy) is 3. The van der Waals surface area contributed by atoms with Gasteiger partial charge in [-0.25, -0.2) is 4.79 Å². The fourth-order valence-corrected chi connectivity index (χ4v) is 9.23. The number of aliphatic carboxylic acids is 1. The van der Waals surface area contributed by atoms with Gasteiger partial charge in [0, 0.05) is 34.1 Å². The molecule has 3 aliphatic carbocycles. The molecular weight excluding hydrogens is 624 g/mol. The number of halogens is 1. The highest BCUT2D eigenvalue weighted by Gasteiger charge is 2.54. The van der Waals surface area contributed by atoms with E-state index in [1.807, 2.05) is 36.5 Å². The van der Waals surface area contributed by atoms with Crippen LogP contribution in [0, 0.1) is 17.8 Å². The number of fused-ring (bicyclic) bond motifs is 4. The second-order valence-corrected chi connectivity index (χ2v) is 15.5. The molecule has 1 fully saturated rings. The molecule has 0 amide bonds. The first-order chi connectivity index (χ1) is 23.2. The van der Waals surface area contributed by atoms with E-state index in [-0.39, 0.29) is 5.41 Å². The van der Waals surface area contributed by atoms with E-state index in [0.717, 1.165) is 61.5 Å². The maximum atomic E-state index is 13.0. The van der Waals surface area contributed by atoms with Crippen molar-refractivity contribution in [1.29, 1.82) is 0 Å². The van der Waals surface area contributed by atoms with Crippen LogP contribution in [-0.4, -0.2) is 41.4 Å². The minimum Gasteiger partial charge on any atom is -0.493 e. The van der Waals surface area contributed by atoms with Crippen molar-refractivity contribution < 1.29 is 24.1 Å². The molecule has 48 heavy (non-hydrogen) atoms. The van der Waals surface area contributed by atoms with Crippen molar-refractivity contribution in [2.24, 2.45) is 17.8 Å². The van der Waals surface area contributed by atoms with E-state index in [4.69, 9.17) is 25.8 Å². The Kier molecular flexibility index (Phi) is 9.27. The lowest BCUT2D eigenvalue weighted by molar-refractivity contribution is -0.144. The Morgan fingerprint density at radius 3 is 2.62 bits per heavy atom. The van der Waals surface area contributed by atoms with Gasteiger partial charge in [-0.3, -0.25) is 4.98 Å². The quantitative estimate of drug-likeness (QED) is 0.234. The van der Waals surface area contributed by atoms with Gasteiger partial charge in [-0.1, -0.05) is 38.4 Å². The number of benzene rings is 2. The van der Waals surface area contributed by atoms with E-state index in [9.17, 15) is 9.90 Å². The molecule has 4 atom stereocenters. The number of rotatable bonds is 9. The molecule has 2 N–H and O–H groups in total. The highest BCUT2D eigenvalue weighted by atomic mass is 35.5. The second-order valence-electron chi connectivity index (χ2n) is 15.0. The zero-order valence-corrected chi connectivity index (χ0v) is 29.3. The third-order valence-electron chi connectivity index (χ3n) is 11.9. The Morgan fingerprint density at radius 2 is 1.90 bits per heavy atom. The van der Waals surface area contributed by atoms with Gasteiger partial charge in [0.1, 0.15) is 11.3 Å². The summed E-state index contributed by atoms with van der Waals surface area (Å²) in [6.07, 6.45) is 10.8. The number of hydrogen-bond acceptors (Lipinski definition) is 6. The third-order valence-corrected chi connectivity index (χ3v) is 12.1. The first-order valence-electron chi connectivity index (χ1n) is 18.0. The summed E-state index contributed by atoms with van der Waals surface area (Å²) in [6.45, 7) is 8.72. The molecule has 4 aliphatic rings. The average molecular weight is 673 g/mol. The molecule has 1 aliphatic heterocycles. The normalized spacial score (nSPS) is 28.2. The molecule has 7 rings (SSSR count). The number of hydrogen-bond donors (Lipinski definition) is 2. The molecule has 1 unspecified atom stereocenters. The van der Waals surface area contributed by atoms with Crippen molar-refractivity contribution in [3.63, 3.8) is 0 Å². The summed E-state index contributed by atoms with van der Waals surface area (Å²) in [7, 11) is 0. The summed E-state index contributed by atoms with van der Waals surface area (Å²) < 4.78 is 19.3. The number of anilines is 1. The van der Waals surface area contributed by atoms with Crippen LogP contribution in [0.2, 0.25) is 5.02 Å². The number of carbonyl (C=O) groups is 1. The molecule has 1 aromatic heterocycles. The van der Waals surface area contributed by atoms with E-state index in [0.29, 0.717) is 61.4 Å². The van der Waals surface area contributed by atoms with Crippen molar-refractivity contribution in [1.82, 2.24) is 4.98 Å². The monoisotopic (exact) mass is 672 g/mol. The number of carboxylic acid groups (broad SMARTS) is 1. The molecule has 2 aromatic carbocycles. The summed E-state index contributed by atoms with van der Waals surface area (Å²) in [4.78, 5) is 17.6. The van der Waals surface area contributed by atoms with Crippen molar-refractivity contribution >= 4 is 23.3 Å². The van der Waals surface area contributed by atoms with Crippen LogP contribution in [0.1, 0.15) is 100 Å². The van der Waals surface area contributed by atoms with Crippen LogP contribution in [0.4, 0.5) is 5.69 Å². The molecule has 0 saturated heterocycles. The van der Waals surface area contributed by atoms with Crippen LogP contribution in [0.3, 0.4) is 0 Å². The van der Waals surface area contributed by atoms with Gasteiger partial charge >= 0.3 is 5.97 Å². The lowest BCUT2D eigenvalue weighted by Crippen LogP contribution is -2.53. The van der Waals surface area contributed by atoms with Crippen LogP contribution in [0.5, 0.6) is 17.2 Å². The van der Waals surface area contributed by atoms with Crippen LogP contribution in [0.15, 0.2) is 48.7 Å². The molecule has 1 saturated carbocycles. The van der Waals surface area contributed by atoms with Crippen molar-refractivity contribution in [2.75, 3.05) is 25.1 Å². The second kappa shape index (κ2) is 13.5. The van der Waals surface area contributed by atoms with E-state index >= 15 is 0 Å². The van der Waals surface area contributed by atoms with E-state index in [1.165, 1.54) is 35.2 Å². The van der Waals surface area contributed by atoms with E-state index in [2.05, 4.69) is 43.2 Å². The number of nitrogens with zero attached hydrogens (tertiary/aromatic N) is 1. The highest BCUT2D eigenvalue weighted by molar-refractivity contribution is 6.30. The van der Waals surface area contributed by atoms with Gasteiger partial charge in [-0.05, 0) is 135 Å². The Morgan fingerprint density at radius 1 is 1.12 bits per heavy atom. The Hall–Kier alpha value is -3.45. The van der Waals surface area contributed by atoms with Crippen LogP contribution in [0.25, 0.3) is 0 Å². The summed E-state index contributed by atoms with van der Waals surface area (Å²) in [5.74, 6) is 3.34. The first kappa shape index (κ1) is 33.1. The van der Waals surface area contributed by atoms with Gasteiger partial charge in [0.2, 0.25) is 0 Å². The third kappa shape index (κ3) is 6.23. The van der Waals surface area contributed by atoms with Crippen LogP contribution >= 0.6 is 11.6 Å². The SMILES string of the molecule is CCC1COc2cc3c(cc2OC1)C1(CCC(Nc2cccc(Cl)c2)(C(=O)O)CC1)[C@@H](C[C@@H](C)COc1ccnc2c1[C@H](C)CCC2)C3. The van der Waals surface area contributed by atoms with Crippen LogP contribution in [-0.2, 0) is 23.1 Å². The molecule has 1 spiro atoms. The van der Waals surface area contributed by atoms with Crippen molar-refractivity contribution in [2.45, 2.75) is 102 Å². The Labute approximate surface area is 289 Å². The predicted molar refractivity (Wildman–Crippen MR) is 189 cm³/mol. The zero-order chi connectivity index (χ0) is 33.5. The standard InChI is InChI=1S/C40H49ClN2O5/c1-4-27-23-47-35-19-28-18-29(17-25(2)22-46-34-11-16-42-33-10-5-7-26(3)37(33)34)39(32(28)21-36(35)48-24-27)12-14-40(15-13-39,38(44)45)43-31-9-6-8-30(41)20-31/h6,8-9,11,16,19-21,25-27,29,43H,4-5,7,10,12-15,17-18,22-24H2,1-3H3,(H,44,45)/t25-,26-,27?,29+,39?,40?/m1/s1. The summed E-state index contributed by atoms with van der Waals surface area (Å²) >= 11 is 6.28. The fourth-order valence-electron chi connectivity index (χ4n) is 9.04. The minimum atomic E-state index is -1.06. The fraction of sp³-hybridized carbons (Fsp3) is 0.550. The summed E-state index contributed by atoms with van der Waals surface area (Å²) in [6, 6.07) is 13.9. The Balaban J connectivity index is 1.15. The van der Waals surface area contributed by atoms with Gasteiger partial charge in [-0.15, -0.1) is 0 Å². The lowest BCUT2D eigenvalue weighted by atomic mass is 9.59. The molecule has 0 bridgehead atoms. The maximum absolute atomic E-state index is 13.0. The molecule has 256 valence electrons. The number of carboxylic acids is 1. The molecule has 0 radical (unpaired) electrons. The van der Waals surface area contributed by atoms with Gasteiger partial charge in [0.05, 0.1) is 19.8 Å². The topological polar surface area (TPSA) is 89.9 Å². The lowest BCUT2D eigenvalue weighted by Gasteiger charge is -2.47. The minimum absolute atomic E-state index is 0.155. The summed E-state index contributed by atoms with van der Waals surface area (Å²) in [5.41, 5.74) is 4.63. The van der Waals surface area contributed by atoms with E-state index in [1.54, 1.807) is 0 Å². The number of pyridine rings is 1. The number of aryl methyl sites for hydroxylation is 1. The van der Waals surface area contributed by atoms with Gasteiger partial charge in [-0.2, -0.15) is 0 Å². The van der Waals surface area contributed by atoms with Crippen molar-refractivity contribution in [3.05, 3.63) is 76.1 Å². The molecule has 3 aromatic rings. The Bertz CT molecular complexity index is 1650.